The van der Waals surface area contributed by atoms with Gasteiger partial charge in [0, 0.05) is 0 Å². The van der Waals surface area contributed by atoms with Crippen LogP contribution < -0.4 is 0 Å². The zero-order valence-corrected chi connectivity index (χ0v) is 9.78. The van der Waals surface area contributed by atoms with Gasteiger partial charge in [0.05, 0.1) is 10.4 Å². The highest BCUT2D eigenvalue weighted by molar-refractivity contribution is 9.11. The number of carbonyl (C=O) groups is 1. The minimum atomic E-state index is -0.218. The molecule has 0 N–H and O–H groups in total. The summed E-state index contributed by atoms with van der Waals surface area (Å²) in [4.78, 5) is 12.0. The molecule has 0 bridgehead atoms. The van der Waals surface area contributed by atoms with Crippen LogP contribution in [0.3, 0.4) is 0 Å². The van der Waals surface area contributed by atoms with E-state index >= 15 is 0 Å². The summed E-state index contributed by atoms with van der Waals surface area (Å²) >= 11 is 4.69. The SMILES string of the molecule is CCCCOC(=O)c1ccc(Br)s1. The Morgan fingerprint density at radius 2 is 2.38 bits per heavy atom. The van der Waals surface area contributed by atoms with Crippen LogP contribution in [-0.4, -0.2) is 12.6 Å². The van der Waals surface area contributed by atoms with Gasteiger partial charge in [0.2, 0.25) is 0 Å². The molecule has 0 amide bonds. The maximum Gasteiger partial charge on any atom is 0.348 e. The Bertz CT molecular complexity index is 283. The van der Waals surface area contributed by atoms with E-state index in [1.165, 1.54) is 11.3 Å². The van der Waals surface area contributed by atoms with E-state index in [4.69, 9.17) is 4.74 Å². The van der Waals surface area contributed by atoms with E-state index in [9.17, 15) is 4.79 Å². The highest BCUT2D eigenvalue weighted by Gasteiger charge is 2.08. The van der Waals surface area contributed by atoms with Crippen molar-refractivity contribution in [2.24, 2.45) is 0 Å². The molecule has 1 aromatic rings. The molecule has 0 atom stereocenters. The second kappa shape index (κ2) is 5.40. The summed E-state index contributed by atoms with van der Waals surface area (Å²) in [6, 6.07) is 3.62. The van der Waals surface area contributed by atoms with Crippen molar-refractivity contribution in [1.29, 1.82) is 0 Å². The molecule has 0 aliphatic rings. The molecule has 0 spiro atoms. The summed E-state index contributed by atoms with van der Waals surface area (Å²) in [5.41, 5.74) is 0. The number of hydrogen-bond donors (Lipinski definition) is 0. The molecule has 1 aromatic heterocycles. The molecule has 0 aliphatic heterocycles. The van der Waals surface area contributed by atoms with Crippen LogP contribution in [0.15, 0.2) is 15.9 Å². The van der Waals surface area contributed by atoms with Crippen LogP contribution in [0.5, 0.6) is 0 Å². The average Bonchev–Trinajstić information content (AvgIpc) is 2.52. The van der Waals surface area contributed by atoms with E-state index in [1.54, 1.807) is 6.07 Å². The first-order valence-electron chi connectivity index (χ1n) is 4.16. The molecule has 0 saturated heterocycles. The third-order valence-electron chi connectivity index (χ3n) is 1.51. The van der Waals surface area contributed by atoms with Gasteiger partial charge in [-0.2, -0.15) is 0 Å². The lowest BCUT2D eigenvalue weighted by Crippen LogP contribution is -2.03. The molecule has 1 heterocycles. The first-order valence-corrected chi connectivity index (χ1v) is 5.77. The van der Waals surface area contributed by atoms with Gasteiger partial charge in [-0.1, -0.05) is 13.3 Å². The molecule has 13 heavy (non-hydrogen) atoms. The van der Waals surface area contributed by atoms with E-state index in [0.29, 0.717) is 11.5 Å². The maximum absolute atomic E-state index is 11.3. The van der Waals surface area contributed by atoms with Crippen molar-refractivity contribution in [3.05, 3.63) is 20.8 Å². The smallest absolute Gasteiger partial charge is 0.348 e. The summed E-state index contributed by atoms with van der Waals surface area (Å²) in [7, 11) is 0. The van der Waals surface area contributed by atoms with Gasteiger partial charge in [-0.3, -0.25) is 0 Å². The normalized spacial score (nSPS) is 10.0. The minimum Gasteiger partial charge on any atom is -0.462 e. The van der Waals surface area contributed by atoms with Gasteiger partial charge in [-0.25, -0.2) is 4.79 Å². The van der Waals surface area contributed by atoms with Crippen molar-refractivity contribution in [2.45, 2.75) is 19.8 Å². The molecule has 0 saturated carbocycles. The summed E-state index contributed by atoms with van der Waals surface area (Å²) < 4.78 is 5.99. The Hall–Kier alpha value is -0.350. The van der Waals surface area contributed by atoms with Gasteiger partial charge < -0.3 is 4.74 Å². The average molecular weight is 263 g/mol. The second-order valence-corrected chi connectivity index (χ2v) is 5.06. The number of rotatable bonds is 4. The van der Waals surface area contributed by atoms with Crippen molar-refractivity contribution in [1.82, 2.24) is 0 Å². The standard InChI is InChI=1S/C9H11BrO2S/c1-2-3-6-12-9(11)7-4-5-8(10)13-7/h4-5H,2-3,6H2,1H3. The van der Waals surface area contributed by atoms with Gasteiger partial charge >= 0.3 is 5.97 Å². The molecular formula is C9H11BrO2S. The molecule has 0 aromatic carbocycles. The van der Waals surface area contributed by atoms with Crippen LogP contribution >= 0.6 is 27.3 Å². The Morgan fingerprint density at radius 3 is 2.92 bits per heavy atom. The maximum atomic E-state index is 11.3. The Balaban J connectivity index is 2.40. The number of carbonyl (C=O) groups excluding carboxylic acids is 1. The fraction of sp³-hybridized carbons (Fsp3) is 0.444. The molecule has 72 valence electrons. The summed E-state index contributed by atoms with van der Waals surface area (Å²) in [5.74, 6) is -0.218. The Kier molecular flexibility index (Phi) is 4.45. The van der Waals surface area contributed by atoms with Crippen LogP contribution in [0.25, 0.3) is 0 Å². The van der Waals surface area contributed by atoms with Crippen molar-refractivity contribution in [3.63, 3.8) is 0 Å². The van der Waals surface area contributed by atoms with E-state index < -0.39 is 0 Å². The van der Waals surface area contributed by atoms with Gasteiger partial charge in [-0.15, -0.1) is 11.3 Å². The monoisotopic (exact) mass is 262 g/mol. The predicted molar refractivity (Wildman–Crippen MR) is 57.2 cm³/mol. The lowest BCUT2D eigenvalue weighted by Gasteiger charge is -2.00. The molecule has 0 fully saturated rings. The fourth-order valence-electron chi connectivity index (χ4n) is 0.804. The van der Waals surface area contributed by atoms with Crippen LogP contribution in [0.2, 0.25) is 0 Å². The lowest BCUT2D eigenvalue weighted by atomic mass is 10.4. The van der Waals surface area contributed by atoms with E-state index in [1.807, 2.05) is 6.07 Å². The Morgan fingerprint density at radius 1 is 1.62 bits per heavy atom. The number of esters is 1. The van der Waals surface area contributed by atoms with Crippen molar-refractivity contribution >= 4 is 33.2 Å². The van der Waals surface area contributed by atoms with E-state index in [2.05, 4.69) is 22.9 Å². The first-order chi connectivity index (χ1) is 6.24. The largest absolute Gasteiger partial charge is 0.462 e. The predicted octanol–water partition coefficient (Wildman–Crippen LogP) is 3.47. The molecule has 0 aliphatic carbocycles. The number of ether oxygens (including phenoxy) is 1. The number of halogens is 1. The first kappa shape index (κ1) is 10.7. The quantitative estimate of drug-likeness (QED) is 0.614. The molecule has 1 rings (SSSR count). The van der Waals surface area contributed by atoms with Crippen molar-refractivity contribution in [3.8, 4) is 0 Å². The van der Waals surface area contributed by atoms with Crippen LogP contribution in [-0.2, 0) is 4.74 Å². The molecule has 0 unspecified atom stereocenters. The van der Waals surface area contributed by atoms with Gasteiger partial charge in [0.1, 0.15) is 4.88 Å². The topological polar surface area (TPSA) is 26.3 Å². The Labute approximate surface area is 90.0 Å². The summed E-state index contributed by atoms with van der Waals surface area (Å²) in [5, 5.41) is 0. The number of thiophene rings is 1. The zero-order chi connectivity index (χ0) is 9.68. The number of unbranched alkanes of at least 4 members (excludes halogenated alkanes) is 1. The van der Waals surface area contributed by atoms with Gasteiger partial charge in [0.25, 0.3) is 0 Å². The third kappa shape index (κ3) is 3.48. The van der Waals surface area contributed by atoms with Crippen molar-refractivity contribution < 1.29 is 9.53 Å². The number of hydrogen-bond acceptors (Lipinski definition) is 3. The van der Waals surface area contributed by atoms with Crippen LogP contribution in [0.4, 0.5) is 0 Å². The summed E-state index contributed by atoms with van der Waals surface area (Å²) in [6.07, 6.45) is 1.97. The lowest BCUT2D eigenvalue weighted by molar-refractivity contribution is 0.0505. The highest BCUT2D eigenvalue weighted by atomic mass is 79.9. The third-order valence-corrected chi connectivity index (χ3v) is 3.11. The second-order valence-electron chi connectivity index (χ2n) is 2.59. The highest BCUT2D eigenvalue weighted by Crippen LogP contribution is 2.22. The summed E-state index contributed by atoms with van der Waals surface area (Å²) in [6.45, 7) is 2.58. The molecule has 2 nitrogen and oxygen atoms in total. The minimum absolute atomic E-state index is 0.218. The van der Waals surface area contributed by atoms with E-state index in [-0.39, 0.29) is 5.97 Å². The van der Waals surface area contributed by atoms with Gasteiger partial charge in [0.15, 0.2) is 0 Å². The molecular weight excluding hydrogens is 252 g/mol. The van der Waals surface area contributed by atoms with Crippen molar-refractivity contribution in [2.75, 3.05) is 6.61 Å². The molecule has 0 radical (unpaired) electrons. The fourth-order valence-corrected chi connectivity index (χ4v) is 2.08. The van der Waals surface area contributed by atoms with Crippen LogP contribution in [0.1, 0.15) is 29.4 Å². The van der Waals surface area contributed by atoms with Crippen LogP contribution in [0, 0.1) is 0 Å². The van der Waals surface area contributed by atoms with Gasteiger partial charge in [-0.05, 0) is 34.5 Å². The zero-order valence-electron chi connectivity index (χ0n) is 7.38. The molecule has 4 heteroatoms. The van der Waals surface area contributed by atoms with E-state index in [0.717, 1.165) is 16.6 Å².